The molecule has 2 heterocycles. The highest BCUT2D eigenvalue weighted by Gasteiger charge is 2.28. The lowest BCUT2D eigenvalue weighted by Crippen LogP contribution is -2.44. The van der Waals surface area contributed by atoms with Crippen LogP contribution in [0.25, 0.3) is 11.0 Å². The molecule has 6 heteroatoms. The zero-order valence-electron chi connectivity index (χ0n) is 18.0. The first-order chi connectivity index (χ1) is 14.3. The third-order valence-electron chi connectivity index (χ3n) is 5.91. The topological polar surface area (TPSA) is 74.9 Å². The van der Waals surface area contributed by atoms with Gasteiger partial charge in [0.05, 0.1) is 24.4 Å². The van der Waals surface area contributed by atoms with Gasteiger partial charge in [-0.15, -0.1) is 0 Å². The van der Waals surface area contributed by atoms with Gasteiger partial charge in [-0.1, -0.05) is 13.8 Å². The number of hydrogen-bond donors (Lipinski definition) is 2. The molecule has 1 aliphatic heterocycles. The Bertz CT molecular complexity index is 1000. The molecule has 1 aromatic heterocycles. The summed E-state index contributed by atoms with van der Waals surface area (Å²) in [5.41, 5.74) is 2.24. The number of fused-ring (bicyclic) bond motifs is 1. The van der Waals surface area contributed by atoms with E-state index < -0.39 is 5.97 Å². The summed E-state index contributed by atoms with van der Waals surface area (Å²) in [4.78, 5) is 13.1. The van der Waals surface area contributed by atoms with Gasteiger partial charge in [-0.25, -0.2) is 4.79 Å². The molecule has 0 bridgehead atoms. The van der Waals surface area contributed by atoms with Gasteiger partial charge in [0.25, 0.3) is 0 Å². The van der Waals surface area contributed by atoms with E-state index >= 15 is 0 Å². The highest BCUT2D eigenvalue weighted by atomic mass is 16.5. The number of hydrogen-bond acceptors (Lipinski definition) is 5. The zero-order valence-corrected chi connectivity index (χ0v) is 18.0. The molecule has 30 heavy (non-hydrogen) atoms. The Morgan fingerprint density at radius 3 is 2.77 bits per heavy atom. The first kappa shape index (κ1) is 20.5. The summed E-state index contributed by atoms with van der Waals surface area (Å²) in [7, 11) is 1.87. The average molecular weight is 411 g/mol. The Balaban J connectivity index is 1.57. The number of nitrogens with one attached hydrogen (secondary N) is 1. The van der Waals surface area contributed by atoms with Crippen LogP contribution in [0.4, 0.5) is 0 Å². The van der Waals surface area contributed by atoms with Crippen molar-refractivity contribution in [1.82, 2.24) is 10.2 Å². The summed E-state index contributed by atoms with van der Waals surface area (Å²) >= 11 is 0. The number of carbonyl (C=O) groups is 1. The summed E-state index contributed by atoms with van der Waals surface area (Å²) in [6, 6.07) is 6.02. The number of aliphatic carboxylic acids is 1. The predicted molar refractivity (Wildman–Crippen MR) is 116 cm³/mol. The van der Waals surface area contributed by atoms with E-state index in [-0.39, 0.29) is 23.7 Å². The Morgan fingerprint density at radius 1 is 1.37 bits per heavy atom. The monoisotopic (exact) mass is 410 g/mol. The van der Waals surface area contributed by atoms with Gasteiger partial charge in [-0.05, 0) is 62.0 Å². The lowest BCUT2D eigenvalue weighted by molar-refractivity contribution is -0.132. The van der Waals surface area contributed by atoms with Crippen LogP contribution in [0.5, 0.6) is 5.75 Å². The van der Waals surface area contributed by atoms with Crippen LogP contribution in [0.15, 0.2) is 46.5 Å². The van der Waals surface area contributed by atoms with Gasteiger partial charge < -0.3 is 19.2 Å². The fraction of sp³-hybridized carbons (Fsp3) is 0.458. The number of aryl methyl sites for hydroxylation is 1. The number of likely N-dealkylation sites (N-methyl/N-ethyl adjacent to an activating group) is 1. The van der Waals surface area contributed by atoms with Crippen molar-refractivity contribution in [3.8, 4) is 5.75 Å². The van der Waals surface area contributed by atoms with Gasteiger partial charge in [-0.2, -0.15) is 0 Å². The van der Waals surface area contributed by atoms with Crippen molar-refractivity contribution in [3.05, 3.63) is 53.4 Å². The lowest BCUT2D eigenvalue weighted by atomic mass is 9.97. The molecule has 6 nitrogen and oxygen atoms in total. The molecule has 1 saturated carbocycles. The third kappa shape index (κ3) is 4.24. The normalized spacial score (nSPS) is 20.0. The predicted octanol–water partition coefficient (Wildman–Crippen LogP) is 4.61. The van der Waals surface area contributed by atoms with Crippen molar-refractivity contribution >= 4 is 16.9 Å². The number of nitrogens with zero attached hydrogens (tertiary/aromatic N) is 1. The van der Waals surface area contributed by atoms with Gasteiger partial charge in [0, 0.05) is 24.2 Å². The van der Waals surface area contributed by atoms with E-state index in [1.807, 2.05) is 30.2 Å². The molecule has 160 valence electrons. The zero-order chi connectivity index (χ0) is 21.4. The second-order valence-electron chi connectivity index (χ2n) is 8.75. The Hall–Kier alpha value is -2.73. The fourth-order valence-electron chi connectivity index (χ4n) is 3.83. The van der Waals surface area contributed by atoms with Crippen LogP contribution in [-0.2, 0) is 4.79 Å². The molecule has 2 aromatic rings. The first-order valence-electron chi connectivity index (χ1n) is 10.6. The second-order valence-corrected chi connectivity index (χ2v) is 8.75. The van der Waals surface area contributed by atoms with E-state index in [1.165, 1.54) is 12.8 Å². The molecule has 2 atom stereocenters. The number of benzene rings is 1. The fourth-order valence-corrected chi connectivity index (χ4v) is 3.83. The van der Waals surface area contributed by atoms with Crippen molar-refractivity contribution in [2.45, 2.75) is 45.8 Å². The molecule has 0 amide bonds. The van der Waals surface area contributed by atoms with E-state index in [0.29, 0.717) is 5.92 Å². The van der Waals surface area contributed by atoms with E-state index in [0.717, 1.165) is 34.6 Å². The molecule has 0 saturated heterocycles. The number of ether oxygens (including phenoxy) is 1. The molecule has 4 rings (SSSR count). The van der Waals surface area contributed by atoms with Crippen LogP contribution in [0.1, 0.15) is 44.1 Å². The summed E-state index contributed by atoms with van der Waals surface area (Å²) < 4.78 is 12.2. The molecular formula is C24H30N2O4. The molecule has 1 fully saturated rings. The van der Waals surface area contributed by atoms with Gasteiger partial charge in [-0.3, -0.25) is 5.32 Å². The van der Waals surface area contributed by atoms with Crippen molar-refractivity contribution < 1.29 is 19.1 Å². The summed E-state index contributed by atoms with van der Waals surface area (Å²) in [5.74, 6) is 1.87. The smallest absolute Gasteiger partial charge is 0.337 e. The maximum atomic E-state index is 11.2. The van der Waals surface area contributed by atoms with Crippen molar-refractivity contribution in [2.75, 3.05) is 13.7 Å². The van der Waals surface area contributed by atoms with Crippen LogP contribution >= 0.6 is 0 Å². The molecular weight excluding hydrogens is 380 g/mol. The molecule has 2 unspecified atom stereocenters. The quantitative estimate of drug-likeness (QED) is 0.662. The van der Waals surface area contributed by atoms with E-state index in [1.54, 1.807) is 12.3 Å². The largest absolute Gasteiger partial charge is 0.493 e. The minimum atomic E-state index is -0.926. The number of rotatable bonds is 8. The Kier molecular flexibility index (Phi) is 5.60. The minimum Gasteiger partial charge on any atom is -0.493 e. The van der Waals surface area contributed by atoms with Gasteiger partial charge in [0.15, 0.2) is 0 Å². The first-order valence-corrected chi connectivity index (χ1v) is 10.6. The molecule has 1 aliphatic carbocycles. The maximum Gasteiger partial charge on any atom is 0.337 e. The van der Waals surface area contributed by atoms with Crippen LogP contribution < -0.4 is 10.1 Å². The highest BCUT2D eigenvalue weighted by Crippen LogP contribution is 2.36. The van der Waals surface area contributed by atoms with Crippen molar-refractivity contribution in [3.63, 3.8) is 0 Å². The van der Waals surface area contributed by atoms with Gasteiger partial charge >= 0.3 is 5.97 Å². The molecule has 2 aliphatic rings. The molecule has 0 radical (unpaired) electrons. The number of furan rings is 1. The summed E-state index contributed by atoms with van der Waals surface area (Å²) in [6.07, 6.45) is 7.59. The maximum absolute atomic E-state index is 11.2. The van der Waals surface area contributed by atoms with Crippen LogP contribution in [0.2, 0.25) is 0 Å². The number of carboxylic acid groups (broad SMARTS) is 1. The molecule has 2 N–H and O–H groups in total. The lowest BCUT2D eigenvalue weighted by Gasteiger charge is -2.33. The highest BCUT2D eigenvalue weighted by molar-refractivity contribution is 5.90. The van der Waals surface area contributed by atoms with Crippen molar-refractivity contribution in [2.24, 2.45) is 11.8 Å². The molecule has 0 spiro atoms. The third-order valence-corrected chi connectivity index (χ3v) is 5.91. The minimum absolute atomic E-state index is 0.0230. The van der Waals surface area contributed by atoms with E-state index in [4.69, 9.17) is 9.15 Å². The van der Waals surface area contributed by atoms with Crippen LogP contribution in [0.3, 0.4) is 0 Å². The van der Waals surface area contributed by atoms with Crippen LogP contribution in [0, 0.1) is 18.8 Å². The molecule has 1 aromatic carbocycles. The Labute approximate surface area is 177 Å². The standard InChI is InChI=1S/C24H30N2O4/c1-14(2)22(25-21-10-7-17(24(27)28)12-26(21)4)23-15(3)19-11-18(8-9-20(19)30-23)29-13-16-5-6-16/h7-12,14,16,21-22,25H,5-6,13H2,1-4H3,(H,27,28). The SMILES string of the molecule is Cc1c(C(NC2C=CC(C(=O)O)=CN2C)C(C)C)oc2ccc(OCC3CC3)cc12. The van der Waals surface area contributed by atoms with Crippen LogP contribution in [-0.4, -0.2) is 35.8 Å². The number of carboxylic acids is 1. The Morgan fingerprint density at radius 2 is 2.13 bits per heavy atom. The second kappa shape index (κ2) is 8.19. The average Bonchev–Trinajstić information content (AvgIpc) is 3.48. The van der Waals surface area contributed by atoms with Gasteiger partial charge in [0.1, 0.15) is 17.1 Å². The van der Waals surface area contributed by atoms with E-state index in [9.17, 15) is 9.90 Å². The van der Waals surface area contributed by atoms with Gasteiger partial charge in [0.2, 0.25) is 0 Å². The van der Waals surface area contributed by atoms with E-state index in [2.05, 4.69) is 32.2 Å². The summed E-state index contributed by atoms with van der Waals surface area (Å²) in [6.45, 7) is 7.18. The summed E-state index contributed by atoms with van der Waals surface area (Å²) in [5, 5.41) is 13.9. The van der Waals surface area contributed by atoms with Crippen molar-refractivity contribution in [1.29, 1.82) is 0 Å².